The zero-order valence-electron chi connectivity index (χ0n) is 14.7. The number of methoxy groups -OCH3 is 1. The molecule has 3 rings (SSSR count). The largest absolute Gasteiger partial charge is 0.491 e. The molecule has 0 heterocycles. The van der Waals surface area contributed by atoms with Crippen molar-refractivity contribution >= 4 is 5.97 Å². The summed E-state index contributed by atoms with van der Waals surface area (Å²) in [4.78, 5) is 11.7. The van der Waals surface area contributed by atoms with Crippen LogP contribution in [0.5, 0.6) is 5.75 Å². The SMILES string of the molecule is COCCOc1cc(-c2ccc(C(F)(F)F)cc2)cc(C2(C(=O)O)CC2)c1. The fourth-order valence-electron chi connectivity index (χ4n) is 2.97. The van der Waals surface area contributed by atoms with Crippen LogP contribution in [0.2, 0.25) is 0 Å². The fraction of sp³-hybridized carbons (Fsp3) is 0.350. The third-order valence-corrected chi connectivity index (χ3v) is 4.72. The van der Waals surface area contributed by atoms with E-state index in [1.807, 2.05) is 0 Å². The first kappa shape index (κ1) is 19.2. The molecule has 1 aliphatic carbocycles. The van der Waals surface area contributed by atoms with Gasteiger partial charge in [0.2, 0.25) is 0 Å². The summed E-state index contributed by atoms with van der Waals surface area (Å²) >= 11 is 0. The molecule has 0 aliphatic heterocycles. The van der Waals surface area contributed by atoms with Crippen LogP contribution in [0.15, 0.2) is 42.5 Å². The van der Waals surface area contributed by atoms with E-state index in [0.29, 0.717) is 41.9 Å². The molecule has 1 fully saturated rings. The second kappa shape index (κ2) is 7.23. The van der Waals surface area contributed by atoms with E-state index in [2.05, 4.69) is 0 Å². The van der Waals surface area contributed by atoms with Crippen LogP contribution in [-0.4, -0.2) is 31.4 Å². The Morgan fingerprint density at radius 3 is 2.26 bits per heavy atom. The standard InChI is InChI=1S/C20H19F3O4/c1-26-8-9-27-17-11-14(10-16(12-17)19(6-7-19)18(24)25)13-2-4-15(5-3-13)20(21,22)23/h2-5,10-12H,6-9H2,1H3,(H,24,25). The van der Waals surface area contributed by atoms with Crippen LogP contribution in [-0.2, 0) is 21.1 Å². The summed E-state index contributed by atoms with van der Waals surface area (Å²) in [7, 11) is 1.54. The number of hydrogen-bond acceptors (Lipinski definition) is 3. The molecule has 0 atom stereocenters. The van der Waals surface area contributed by atoms with Crippen molar-refractivity contribution in [2.45, 2.75) is 24.4 Å². The molecule has 0 saturated heterocycles. The molecule has 144 valence electrons. The lowest BCUT2D eigenvalue weighted by molar-refractivity contribution is -0.140. The lowest BCUT2D eigenvalue weighted by Gasteiger charge is -2.16. The second-order valence-corrected chi connectivity index (χ2v) is 6.55. The van der Waals surface area contributed by atoms with Crippen LogP contribution in [0.3, 0.4) is 0 Å². The number of carboxylic acid groups (broad SMARTS) is 1. The van der Waals surface area contributed by atoms with Gasteiger partial charge in [0.1, 0.15) is 12.4 Å². The Morgan fingerprint density at radius 2 is 1.74 bits per heavy atom. The molecular formula is C20H19F3O4. The normalized spacial score (nSPS) is 15.4. The van der Waals surface area contributed by atoms with E-state index in [4.69, 9.17) is 9.47 Å². The molecule has 0 aromatic heterocycles. The third kappa shape index (κ3) is 4.08. The Kier molecular flexibility index (Phi) is 5.15. The lowest BCUT2D eigenvalue weighted by Crippen LogP contribution is -2.19. The van der Waals surface area contributed by atoms with Gasteiger partial charge >= 0.3 is 12.1 Å². The molecule has 0 spiro atoms. The Morgan fingerprint density at radius 1 is 1.07 bits per heavy atom. The first-order valence-corrected chi connectivity index (χ1v) is 8.44. The number of aliphatic carboxylic acids is 1. The van der Waals surface area contributed by atoms with Gasteiger partial charge < -0.3 is 14.6 Å². The average Bonchev–Trinajstić information content (AvgIpc) is 3.43. The third-order valence-electron chi connectivity index (χ3n) is 4.72. The van der Waals surface area contributed by atoms with E-state index in [0.717, 1.165) is 12.1 Å². The molecular weight excluding hydrogens is 361 g/mol. The van der Waals surface area contributed by atoms with Gasteiger partial charge in [0.05, 0.1) is 17.6 Å². The first-order chi connectivity index (χ1) is 12.8. The maximum atomic E-state index is 12.8. The molecule has 1 aliphatic rings. The molecule has 0 bridgehead atoms. The zero-order valence-corrected chi connectivity index (χ0v) is 14.7. The molecule has 1 N–H and O–H groups in total. The van der Waals surface area contributed by atoms with Gasteiger partial charge in [0, 0.05) is 7.11 Å². The predicted octanol–water partition coefficient (Wildman–Crippen LogP) is 4.51. The highest BCUT2D eigenvalue weighted by atomic mass is 19.4. The molecule has 4 nitrogen and oxygen atoms in total. The van der Waals surface area contributed by atoms with Crippen molar-refractivity contribution in [1.82, 2.24) is 0 Å². The Labute approximate surface area is 154 Å². The number of carbonyl (C=O) groups is 1. The maximum absolute atomic E-state index is 12.8. The fourth-order valence-corrected chi connectivity index (χ4v) is 2.97. The lowest BCUT2D eigenvalue weighted by atomic mass is 9.92. The van der Waals surface area contributed by atoms with Crippen LogP contribution >= 0.6 is 0 Å². The van der Waals surface area contributed by atoms with Crippen molar-refractivity contribution < 1.29 is 32.5 Å². The van der Waals surface area contributed by atoms with Crippen molar-refractivity contribution in [3.63, 3.8) is 0 Å². The summed E-state index contributed by atoms with van der Waals surface area (Å²) in [5.41, 5.74) is 0.0909. The minimum absolute atomic E-state index is 0.284. The second-order valence-electron chi connectivity index (χ2n) is 6.55. The monoisotopic (exact) mass is 380 g/mol. The van der Waals surface area contributed by atoms with E-state index < -0.39 is 23.1 Å². The van der Waals surface area contributed by atoms with Crippen LogP contribution in [0.25, 0.3) is 11.1 Å². The smallest absolute Gasteiger partial charge is 0.416 e. The average molecular weight is 380 g/mol. The van der Waals surface area contributed by atoms with E-state index >= 15 is 0 Å². The van der Waals surface area contributed by atoms with Gasteiger partial charge in [0.15, 0.2) is 0 Å². The van der Waals surface area contributed by atoms with Gasteiger partial charge in [-0.1, -0.05) is 12.1 Å². The van der Waals surface area contributed by atoms with E-state index in [9.17, 15) is 23.1 Å². The molecule has 0 amide bonds. The Bertz CT molecular complexity index is 824. The molecule has 2 aromatic carbocycles. The number of benzene rings is 2. The van der Waals surface area contributed by atoms with Gasteiger partial charge in [-0.2, -0.15) is 13.2 Å². The first-order valence-electron chi connectivity index (χ1n) is 8.44. The van der Waals surface area contributed by atoms with Crippen LogP contribution in [0, 0.1) is 0 Å². The number of ether oxygens (including phenoxy) is 2. The predicted molar refractivity (Wildman–Crippen MR) is 92.8 cm³/mol. The van der Waals surface area contributed by atoms with Crippen molar-refractivity contribution in [3.8, 4) is 16.9 Å². The summed E-state index contributed by atoms with van der Waals surface area (Å²) in [6, 6.07) is 9.87. The van der Waals surface area contributed by atoms with E-state index in [-0.39, 0.29) is 6.61 Å². The van der Waals surface area contributed by atoms with E-state index in [1.165, 1.54) is 19.2 Å². The molecule has 0 unspecified atom stereocenters. The van der Waals surface area contributed by atoms with Crippen LogP contribution < -0.4 is 4.74 Å². The zero-order chi connectivity index (χ0) is 19.7. The summed E-state index contributed by atoms with van der Waals surface area (Å²) in [5, 5.41) is 9.56. The molecule has 7 heteroatoms. The van der Waals surface area contributed by atoms with Gasteiger partial charge in [-0.05, 0) is 59.9 Å². The van der Waals surface area contributed by atoms with Crippen molar-refractivity contribution in [1.29, 1.82) is 0 Å². The van der Waals surface area contributed by atoms with Crippen molar-refractivity contribution in [2.24, 2.45) is 0 Å². The van der Waals surface area contributed by atoms with Crippen LogP contribution in [0.4, 0.5) is 13.2 Å². The number of hydrogen-bond donors (Lipinski definition) is 1. The number of carboxylic acids is 1. The molecule has 1 saturated carbocycles. The van der Waals surface area contributed by atoms with Gasteiger partial charge in [-0.3, -0.25) is 4.79 Å². The highest BCUT2D eigenvalue weighted by Gasteiger charge is 2.52. The van der Waals surface area contributed by atoms with Crippen molar-refractivity contribution in [2.75, 3.05) is 20.3 Å². The van der Waals surface area contributed by atoms with E-state index in [1.54, 1.807) is 18.2 Å². The summed E-state index contributed by atoms with van der Waals surface area (Å²) in [5.74, 6) is -0.443. The topological polar surface area (TPSA) is 55.8 Å². The number of alkyl halides is 3. The highest BCUT2D eigenvalue weighted by molar-refractivity contribution is 5.86. The Balaban J connectivity index is 1.98. The highest BCUT2D eigenvalue weighted by Crippen LogP contribution is 2.50. The molecule has 27 heavy (non-hydrogen) atoms. The van der Waals surface area contributed by atoms with Gasteiger partial charge in [0.25, 0.3) is 0 Å². The summed E-state index contributed by atoms with van der Waals surface area (Å²) in [6.45, 7) is 0.649. The molecule has 0 radical (unpaired) electrons. The number of halogens is 3. The van der Waals surface area contributed by atoms with Crippen molar-refractivity contribution in [3.05, 3.63) is 53.6 Å². The van der Waals surface area contributed by atoms with Crippen LogP contribution in [0.1, 0.15) is 24.0 Å². The molecule has 2 aromatic rings. The van der Waals surface area contributed by atoms with Gasteiger partial charge in [-0.25, -0.2) is 0 Å². The summed E-state index contributed by atoms with van der Waals surface area (Å²) < 4.78 is 48.9. The van der Waals surface area contributed by atoms with Gasteiger partial charge in [-0.15, -0.1) is 0 Å². The maximum Gasteiger partial charge on any atom is 0.416 e. The Hall–Kier alpha value is -2.54. The minimum Gasteiger partial charge on any atom is -0.491 e. The minimum atomic E-state index is -4.41. The quantitative estimate of drug-likeness (QED) is 0.718. The number of rotatable bonds is 7. The summed E-state index contributed by atoms with van der Waals surface area (Å²) in [6.07, 6.45) is -3.36.